The highest BCUT2D eigenvalue weighted by Crippen LogP contribution is 1.97. The Morgan fingerprint density at radius 3 is 1.93 bits per heavy atom. The molecule has 0 fully saturated rings. The van der Waals surface area contributed by atoms with Crippen molar-refractivity contribution in [3.8, 4) is 0 Å². The Kier molecular flexibility index (Phi) is 4.86. The molecular weight excluding hydrogens is 192 g/mol. The van der Waals surface area contributed by atoms with Crippen molar-refractivity contribution >= 4 is 14.5 Å². The number of aryl methyl sites for hydroxylation is 1. The molecule has 0 heterocycles. The SMILES string of the molecule is CCO[SiH](OCC)c1ccc(C)cc1. The predicted octanol–water partition coefficient (Wildman–Crippen LogP) is 1.50. The van der Waals surface area contributed by atoms with Crippen molar-refractivity contribution in [3.63, 3.8) is 0 Å². The van der Waals surface area contributed by atoms with Gasteiger partial charge in [-0.05, 0) is 26.0 Å². The number of hydrogen-bond acceptors (Lipinski definition) is 2. The minimum atomic E-state index is -1.61. The molecule has 1 aromatic carbocycles. The molecule has 0 aliphatic heterocycles. The van der Waals surface area contributed by atoms with E-state index < -0.39 is 9.28 Å². The molecule has 0 radical (unpaired) electrons. The average Bonchev–Trinajstić information content (AvgIpc) is 2.19. The lowest BCUT2D eigenvalue weighted by atomic mass is 10.2. The Balaban J connectivity index is 2.71. The molecular formula is C11H18O2Si. The van der Waals surface area contributed by atoms with Crippen molar-refractivity contribution in [2.45, 2.75) is 20.8 Å². The van der Waals surface area contributed by atoms with Crippen LogP contribution in [0.1, 0.15) is 19.4 Å². The molecule has 1 rings (SSSR count). The van der Waals surface area contributed by atoms with Gasteiger partial charge in [0.25, 0.3) is 0 Å². The predicted molar refractivity (Wildman–Crippen MR) is 61.2 cm³/mol. The van der Waals surface area contributed by atoms with Gasteiger partial charge >= 0.3 is 9.28 Å². The molecule has 0 aliphatic carbocycles. The summed E-state index contributed by atoms with van der Waals surface area (Å²) in [6.07, 6.45) is 0. The van der Waals surface area contributed by atoms with Gasteiger partial charge in [-0.25, -0.2) is 0 Å². The van der Waals surface area contributed by atoms with Gasteiger partial charge in [0.1, 0.15) is 0 Å². The molecule has 3 heteroatoms. The fraction of sp³-hybridized carbons (Fsp3) is 0.455. The van der Waals surface area contributed by atoms with E-state index in [0.29, 0.717) is 0 Å². The van der Waals surface area contributed by atoms with E-state index in [1.54, 1.807) is 0 Å². The molecule has 2 nitrogen and oxygen atoms in total. The van der Waals surface area contributed by atoms with E-state index in [-0.39, 0.29) is 0 Å². The monoisotopic (exact) mass is 210 g/mol. The molecule has 0 unspecified atom stereocenters. The van der Waals surface area contributed by atoms with Gasteiger partial charge in [-0.15, -0.1) is 0 Å². The topological polar surface area (TPSA) is 18.5 Å². The van der Waals surface area contributed by atoms with Gasteiger partial charge in [0.2, 0.25) is 0 Å². The zero-order chi connectivity index (χ0) is 10.4. The largest absolute Gasteiger partial charge is 0.394 e. The standard InChI is InChI=1S/C11H18O2Si/c1-4-12-14(13-5-2)11-8-6-10(3)7-9-11/h6-9,14H,4-5H2,1-3H3. The van der Waals surface area contributed by atoms with Crippen LogP contribution >= 0.6 is 0 Å². The summed E-state index contributed by atoms with van der Waals surface area (Å²) in [7, 11) is -1.61. The van der Waals surface area contributed by atoms with Crippen LogP contribution in [0.2, 0.25) is 0 Å². The van der Waals surface area contributed by atoms with Crippen LogP contribution in [0.3, 0.4) is 0 Å². The molecule has 0 amide bonds. The highest BCUT2D eigenvalue weighted by Gasteiger charge is 2.14. The van der Waals surface area contributed by atoms with E-state index in [2.05, 4.69) is 31.2 Å². The van der Waals surface area contributed by atoms with Crippen molar-refractivity contribution in [2.75, 3.05) is 13.2 Å². The van der Waals surface area contributed by atoms with E-state index >= 15 is 0 Å². The molecule has 0 saturated carbocycles. The molecule has 0 bridgehead atoms. The zero-order valence-electron chi connectivity index (χ0n) is 9.12. The van der Waals surface area contributed by atoms with Gasteiger partial charge in [-0.3, -0.25) is 0 Å². The Morgan fingerprint density at radius 1 is 1.00 bits per heavy atom. The molecule has 14 heavy (non-hydrogen) atoms. The normalized spacial score (nSPS) is 10.9. The van der Waals surface area contributed by atoms with E-state index in [4.69, 9.17) is 8.85 Å². The molecule has 78 valence electrons. The van der Waals surface area contributed by atoms with E-state index in [0.717, 1.165) is 13.2 Å². The second kappa shape index (κ2) is 5.96. The van der Waals surface area contributed by atoms with Crippen LogP contribution in [0.15, 0.2) is 24.3 Å². The first kappa shape index (κ1) is 11.4. The summed E-state index contributed by atoms with van der Waals surface area (Å²) in [5.41, 5.74) is 1.27. The second-order valence-corrected chi connectivity index (χ2v) is 5.15. The van der Waals surface area contributed by atoms with E-state index in [1.165, 1.54) is 10.8 Å². The summed E-state index contributed by atoms with van der Waals surface area (Å²) in [6, 6.07) is 8.43. The van der Waals surface area contributed by atoms with Crippen LogP contribution in [-0.2, 0) is 8.85 Å². The number of benzene rings is 1. The van der Waals surface area contributed by atoms with Crippen molar-refractivity contribution in [2.24, 2.45) is 0 Å². The van der Waals surface area contributed by atoms with Gasteiger partial charge in [0.15, 0.2) is 0 Å². The van der Waals surface area contributed by atoms with E-state index in [9.17, 15) is 0 Å². The molecule has 0 N–H and O–H groups in total. The van der Waals surface area contributed by atoms with Crippen LogP contribution in [0.5, 0.6) is 0 Å². The van der Waals surface area contributed by atoms with Gasteiger partial charge in [0.05, 0.1) is 0 Å². The van der Waals surface area contributed by atoms with Crippen molar-refractivity contribution in [1.29, 1.82) is 0 Å². The Bertz CT molecular complexity index is 252. The number of hydrogen-bond donors (Lipinski definition) is 0. The molecule has 0 aliphatic rings. The minimum absolute atomic E-state index is 0.727. The van der Waals surface area contributed by atoms with Gasteiger partial charge in [-0.1, -0.05) is 29.8 Å². The second-order valence-electron chi connectivity index (χ2n) is 3.15. The maximum absolute atomic E-state index is 5.62. The van der Waals surface area contributed by atoms with Crippen LogP contribution in [0, 0.1) is 6.92 Å². The third kappa shape index (κ3) is 3.25. The first-order valence-electron chi connectivity index (χ1n) is 5.07. The van der Waals surface area contributed by atoms with E-state index in [1.807, 2.05) is 13.8 Å². The third-order valence-electron chi connectivity index (χ3n) is 1.99. The van der Waals surface area contributed by atoms with Gasteiger partial charge < -0.3 is 8.85 Å². The van der Waals surface area contributed by atoms with Crippen LogP contribution in [0.25, 0.3) is 0 Å². The molecule has 1 aromatic rings. The van der Waals surface area contributed by atoms with Crippen LogP contribution < -0.4 is 5.19 Å². The van der Waals surface area contributed by atoms with Gasteiger partial charge in [-0.2, -0.15) is 0 Å². The highest BCUT2D eigenvalue weighted by atomic mass is 28.3. The van der Waals surface area contributed by atoms with Crippen LogP contribution in [-0.4, -0.2) is 22.5 Å². The fourth-order valence-electron chi connectivity index (χ4n) is 1.27. The third-order valence-corrected chi connectivity index (χ3v) is 4.19. The summed E-state index contributed by atoms with van der Waals surface area (Å²) >= 11 is 0. The van der Waals surface area contributed by atoms with Crippen molar-refractivity contribution in [1.82, 2.24) is 0 Å². The Labute approximate surface area is 87.7 Å². The minimum Gasteiger partial charge on any atom is -0.394 e. The number of rotatable bonds is 5. The summed E-state index contributed by atoms with van der Waals surface area (Å²) in [6.45, 7) is 7.55. The fourth-order valence-corrected chi connectivity index (χ4v) is 2.86. The molecule has 0 atom stereocenters. The maximum Gasteiger partial charge on any atom is 0.355 e. The zero-order valence-corrected chi connectivity index (χ0v) is 10.3. The highest BCUT2D eigenvalue weighted by molar-refractivity contribution is 6.61. The Hall–Kier alpha value is -0.643. The molecule has 0 aromatic heterocycles. The van der Waals surface area contributed by atoms with Crippen molar-refractivity contribution in [3.05, 3.63) is 29.8 Å². The first-order valence-corrected chi connectivity index (χ1v) is 6.59. The maximum atomic E-state index is 5.62. The lowest BCUT2D eigenvalue weighted by Crippen LogP contribution is -2.36. The Morgan fingerprint density at radius 2 is 1.50 bits per heavy atom. The first-order chi connectivity index (χ1) is 6.77. The molecule has 0 spiro atoms. The van der Waals surface area contributed by atoms with Gasteiger partial charge in [0, 0.05) is 13.2 Å². The molecule has 0 saturated heterocycles. The summed E-state index contributed by atoms with van der Waals surface area (Å²) in [5.74, 6) is 0. The van der Waals surface area contributed by atoms with Crippen LogP contribution in [0.4, 0.5) is 0 Å². The lowest BCUT2D eigenvalue weighted by molar-refractivity contribution is 0.225. The lowest BCUT2D eigenvalue weighted by Gasteiger charge is -2.14. The quantitative estimate of drug-likeness (QED) is 0.686. The average molecular weight is 210 g/mol. The summed E-state index contributed by atoms with van der Waals surface area (Å²) in [5, 5.41) is 1.22. The van der Waals surface area contributed by atoms with Crippen molar-refractivity contribution < 1.29 is 8.85 Å². The smallest absolute Gasteiger partial charge is 0.355 e. The summed E-state index contributed by atoms with van der Waals surface area (Å²) < 4.78 is 11.2. The summed E-state index contributed by atoms with van der Waals surface area (Å²) in [4.78, 5) is 0.